The van der Waals surface area contributed by atoms with Gasteiger partial charge in [0.25, 0.3) is 5.91 Å². The van der Waals surface area contributed by atoms with E-state index in [1.165, 1.54) is 12.2 Å². The summed E-state index contributed by atoms with van der Waals surface area (Å²) in [4.78, 5) is 31.1. The van der Waals surface area contributed by atoms with Crippen molar-refractivity contribution in [2.45, 2.75) is 51.6 Å². The largest absolute Gasteiger partial charge is 0.350 e. The van der Waals surface area contributed by atoms with Crippen molar-refractivity contribution < 1.29 is 14.4 Å². The van der Waals surface area contributed by atoms with Crippen LogP contribution in [0, 0.1) is 0 Å². The molecule has 1 aliphatic rings. The van der Waals surface area contributed by atoms with E-state index in [2.05, 4.69) is 5.32 Å². The van der Waals surface area contributed by atoms with E-state index in [4.69, 9.17) is 4.84 Å². The predicted octanol–water partition coefficient (Wildman–Crippen LogP) is 0.775. The number of carbonyl (C=O) groups is 2. The predicted molar refractivity (Wildman–Crippen MR) is 76.9 cm³/mol. The summed E-state index contributed by atoms with van der Waals surface area (Å²) in [5.41, 5.74) is -0.256. The molecule has 0 unspecified atom stereocenters. The van der Waals surface area contributed by atoms with Crippen LogP contribution in [0.4, 0.5) is 0 Å². The fourth-order valence-corrected chi connectivity index (χ4v) is 2.31. The number of rotatable bonds is 4. The molecule has 1 fully saturated rings. The molecule has 2 amide bonds. The second-order valence-corrected chi connectivity index (χ2v) is 6.30. The standard InChI is InChI=1S/C14H27N3O3/c1-14(2,3)15-13(19)11-8-6-7-9-17(11)10-12(18)16(4)20-5/h11H,6-10H2,1-5H3,(H,15,19)/t11-/m0/s1. The molecule has 1 saturated heterocycles. The number of likely N-dealkylation sites (N-methyl/N-ethyl adjacent to an activating group) is 1. The number of likely N-dealkylation sites (tertiary alicyclic amines) is 1. The van der Waals surface area contributed by atoms with Gasteiger partial charge in [0.15, 0.2) is 0 Å². The third kappa shape index (κ3) is 5.09. The van der Waals surface area contributed by atoms with Gasteiger partial charge in [-0.05, 0) is 40.2 Å². The first-order chi connectivity index (χ1) is 9.24. The Balaban J connectivity index is 2.67. The van der Waals surface area contributed by atoms with Crippen LogP contribution in [0.5, 0.6) is 0 Å². The lowest BCUT2D eigenvalue weighted by molar-refractivity contribution is -0.170. The van der Waals surface area contributed by atoms with Crippen molar-refractivity contribution in [3.05, 3.63) is 0 Å². The first kappa shape index (κ1) is 16.9. The lowest BCUT2D eigenvalue weighted by Crippen LogP contribution is -2.55. The van der Waals surface area contributed by atoms with E-state index in [0.717, 1.165) is 25.8 Å². The van der Waals surface area contributed by atoms with Crippen LogP contribution in [-0.4, -0.2) is 60.6 Å². The zero-order valence-corrected chi connectivity index (χ0v) is 13.2. The average molecular weight is 285 g/mol. The Morgan fingerprint density at radius 1 is 1.35 bits per heavy atom. The number of piperidine rings is 1. The van der Waals surface area contributed by atoms with Crippen molar-refractivity contribution in [1.82, 2.24) is 15.3 Å². The highest BCUT2D eigenvalue weighted by molar-refractivity contribution is 5.84. The molecule has 0 aliphatic carbocycles. The van der Waals surface area contributed by atoms with Crippen molar-refractivity contribution in [1.29, 1.82) is 0 Å². The van der Waals surface area contributed by atoms with E-state index in [1.54, 1.807) is 7.05 Å². The molecule has 6 nitrogen and oxygen atoms in total. The summed E-state index contributed by atoms with van der Waals surface area (Å²) in [6, 6.07) is -0.225. The average Bonchev–Trinajstić information content (AvgIpc) is 2.36. The second kappa shape index (κ2) is 7.04. The normalized spacial score (nSPS) is 20.6. The molecule has 6 heteroatoms. The van der Waals surface area contributed by atoms with Crippen LogP contribution in [-0.2, 0) is 14.4 Å². The van der Waals surface area contributed by atoms with Crippen LogP contribution in [0.25, 0.3) is 0 Å². The zero-order chi connectivity index (χ0) is 15.3. The Hall–Kier alpha value is -1.14. The number of nitrogens with one attached hydrogen (secondary N) is 1. The summed E-state index contributed by atoms with van der Waals surface area (Å²) >= 11 is 0. The molecule has 0 aromatic heterocycles. The van der Waals surface area contributed by atoms with Gasteiger partial charge in [0.2, 0.25) is 5.91 Å². The molecule has 1 heterocycles. The van der Waals surface area contributed by atoms with Crippen molar-refractivity contribution in [2.75, 3.05) is 27.2 Å². The highest BCUT2D eigenvalue weighted by atomic mass is 16.7. The number of hydroxylamine groups is 2. The monoisotopic (exact) mass is 285 g/mol. The van der Waals surface area contributed by atoms with Crippen molar-refractivity contribution in [2.24, 2.45) is 0 Å². The molecule has 20 heavy (non-hydrogen) atoms. The molecule has 1 aliphatic heterocycles. The molecule has 1 atom stereocenters. The molecule has 0 aromatic carbocycles. The molecular weight excluding hydrogens is 258 g/mol. The maximum atomic E-state index is 12.3. The van der Waals surface area contributed by atoms with Gasteiger partial charge < -0.3 is 5.32 Å². The van der Waals surface area contributed by atoms with Crippen LogP contribution < -0.4 is 5.32 Å². The molecule has 0 spiro atoms. The molecule has 0 bridgehead atoms. The number of amides is 2. The van der Waals surface area contributed by atoms with E-state index < -0.39 is 0 Å². The minimum absolute atomic E-state index is 0.00469. The Bertz CT molecular complexity index is 352. The SMILES string of the molecule is CON(C)C(=O)CN1CCCC[C@H]1C(=O)NC(C)(C)C. The maximum absolute atomic E-state index is 12.3. The first-order valence-electron chi connectivity index (χ1n) is 7.11. The molecule has 1 N–H and O–H groups in total. The quantitative estimate of drug-likeness (QED) is 0.775. The Morgan fingerprint density at radius 3 is 2.55 bits per heavy atom. The van der Waals surface area contributed by atoms with Crippen LogP contribution in [0.2, 0.25) is 0 Å². The van der Waals surface area contributed by atoms with E-state index >= 15 is 0 Å². The second-order valence-electron chi connectivity index (χ2n) is 6.30. The summed E-state index contributed by atoms with van der Waals surface area (Å²) in [7, 11) is 3.04. The molecule has 0 saturated carbocycles. The molecular formula is C14H27N3O3. The summed E-state index contributed by atoms with van der Waals surface area (Å²) in [6.45, 7) is 6.86. The van der Waals surface area contributed by atoms with Gasteiger partial charge in [0.05, 0.1) is 19.7 Å². The van der Waals surface area contributed by atoms with Crippen LogP contribution in [0.15, 0.2) is 0 Å². The van der Waals surface area contributed by atoms with Crippen LogP contribution >= 0.6 is 0 Å². The van der Waals surface area contributed by atoms with Gasteiger partial charge in [0.1, 0.15) is 0 Å². The highest BCUT2D eigenvalue weighted by Gasteiger charge is 2.32. The van der Waals surface area contributed by atoms with E-state index in [-0.39, 0.29) is 29.9 Å². The lowest BCUT2D eigenvalue weighted by atomic mass is 9.99. The summed E-state index contributed by atoms with van der Waals surface area (Å²) in [6.07, 6.45) is 2.84. The number of hydrogen-bond acceptors (Lipinski definition) is 4. The zero-order valence-electron chi connectivity index (χ0n) is 13.2. The Labute approximate surface area is 121 Å². The smallest absolute Gasteiger partial charge is 0.260 e. The van der Waals surface area contributed by atoms with Crippen LogP contribution in [0.3, 0.4) is 0 Å². The van der Waals surface area contributed by atoms with Gasteiger partial charge in [-0.3, -0.25) is 19.3 Å². The van der Waals surface area contributed by atoms with Gasteiger partial charge in [-0.15, -0.1) is 0 Å². The lowest BCUT2D eigenvalue weighted by Gasteiger charge is -2.36. The first-order valence-corrected chi connectivity index (χ1v) is 7.11. The fraction of sp³-hybridized carbons (Fsp3) is 0.857. The van der Waals surface area contributed by atoms with Crippen molar-refractivity contribution in [3.63, 3.8) is 0 Å². The Kier molecular flexibility index (Phi) is 5.95. The van der Waals surface area contributed by atoms with E-state index in [9.17, 15) is 9.59 Å². The topological polar surface area (TPSA) is 61.9 Å². The molecule has 0 aromatic rings. The van der Waals surface area contributed by atoms with Crippen molar-refractivity contribution >= 4 is 11.8 Å². The summed E-state index contributed by atoms with van der Waals surface area (Å²) in [5.74, 6) is -0.131. The highest BCUT2D eigenvalue weighted by Crippen LogP contribution is 2.18. The minimum atomic E-state index is -0.256. The van der Waals surface area contributed by atoms with Crippen LogP contribution in [0.1, 0.15) is 40.0 Å². The summed E-state index contributed by atoms with van der Waals surface area (Å²) < 4.78 is 0. The molecule has 1 rings (SSSR count). The minimum Gasteiger partial charge on any atom is -0.350 e. The molecule has 0 radical (unpaired) electrons. The van der Waals surface area contributed by atoms with Gasteiger partial charge in [0, 0.05) is 12.6 Å². The number of nitrogens with zero attached hydrogens (tertiary/aromatic N) is 2. The van der Waals surface area contributed by atoms with Gasteiger partial charge in [-0.2, -0.15) is 0 Å². The van der Waals surface area contributed by atoms with E-state index in [1.807, 2.05) is 25.7 Å². The summed E-state index contributed by atoms with van der Waals surface area (Å²) in [5, 5.41) is 4.20. The number of hydrogen-bond donors (Lipinski definition) is 1. The van der Waals surface area contributed by atoms with Crippen molar-refractivity contribution in [3.8, 4) is 0 Å². The third-order valence-corrected chi connectivity index (χ3v) is 3.38. The number of carbonyl (C=O) groups excluding carboxylic acids is 2. The van der Waals surface area contributed by atoms with E-state index in [0.29, 0.717) is 0 Å². The fourth-order valence-electron chi connectivity index (χ4n) is 2.31. The Morgan fingerprint density at radius 2 is 2.00 bits per heavy atom. The van der Waals surface area contributed by atoms with Gasteiger partial charge >= 0.3 is 0 Å². The third-order valence-electron chi connectivity index (χ3n) is 3.38. The van der Waals surface area contributed by atoms with Gasteiger partial charge in [-0.25, -0.2) is 5.06 Å². The molecule has 116 valence electrons. The maximum Gasteiger partial charge on any atom is 0.260 e. The van der Waals surface area contributed by atoms with Gasteiger partial charge in [-0.1, -0.05) is 6.42 Å².